The number of hydrogen-bond acceptors (Lipinski definition) is 3. The summed E-state index contributed by atoms with van der Waals surface area (Å²) >= 11 is 0. The number of fused-ring (bicyclic) bond motifs is 2. The minimum Gasteiger partial charge on any atom is -0.352 e. The molecule has 0 spiro atoms. The van der Waals surface area contributed by atoms with Crippen molar-refractivity contribution in [3.8, 4) is 0 Å². The number of nitrogens with one attached hydrogen (secondary N) is 1. The molecule has 5 rings (SSSR count). The maximum Gasteiger partial charge on any atom is 0.259 e. The summed E-state index contributed by atoms with van der Waals surface area (Å²) in [5.74, 6) is -0.415. The van der Waals surface area contributed by atoms with Gasteiger partial charge >= 0.3 is 0 Å². The average Bonchev–Trinajstić information content (AvgIpc) is 2.99. The fourth-order valence-electron chi connectivity index (χ4n) is 4.70. The van der Waals surface area contributed by atoms with Crippen LogP contribution in [0.25, 0.3) is 0 Å². The maximum absolute atomic E-state index is 13.7. The lowest BCUT2D eigenvalue weighted by atomic mass is 9.97. The molecule has 1 atom stereocenters. The summed E-state index contributed by atoms with van der Waals surface area (Å²) in [5.41, 5.74) is 3.75. The summed E-state index contributed by atoms with van der Waals surface area (Å²) in [6.45, 7) is 0.892. The minimum atomic E-state index is -1.54. The Morgan fingerprint density at radius 1 is 0.943 bits per heavy atom. The van der Waals surface area contributed by atoms with Crippen LogP contribution in [0.1, 0.15) is 58.4 Å². The first-order valence-corrected chi connectivity index (χ1v) is 13.2. The second kappa shape index (κ2) is 10.4. The van der Waals surface area contributed by atoms with Crippen LogP contribution in [0.5, 0.6) is 0 Å². The van der Waals surface area contributed by atoms with Crippen molar-refractivity contribution in [2.24, 2.45) is 0 Å². The number of nitrogens with zero attached hydrogens (tertiary/aromatic N) is 1. The number of amides is 2. The second-order valence-electron chi connectivity index (χ2n) is 8.94. The van der Waals surface area contributed by atoms with Gasteiger partial charge in [0.05, 0.1) is 38.4 Å². The molecule has 0 radical (unpaired) electrons. The summed E-state index contributed by atoms with van der Waals surface area (Å²) in [6.07, 6.45) is 7.84. The molecule has 178 valence electrons. The lowest BCUT2D eigenvalue weighted by Gasteiger charge is -2.23. The molecule has 0 fully saturated rings. The Kier molecular flexibility index (Phi) is 6.91. The average molecular weight is 485 g/mol. The largest absolute Gasteiger partial charge is 0.352 e. The van der Waals surface area contributed by atoms with Crippen LogP contribution in [-0.2, 0) is 17.3 Å². The number of benzene rings is 3. The van der Waals surface area contributed by atoms with Crippen LogP contribution in [0, 0.1) is 0 Å². The normalized spacial score (nSPS) is 17.1. The summed E-state index contributed by atoms with van der Waals surface area (Å²) in [5, 5.41) is 3.01. The number of carbonyl (C=O) groups excluding carboxylic acids is 2. The lowest BCUT2D eigenvalue weighted by Crippen LogP contribution is -2.31. The standard InChI is InChI=1S/C29H28N2O3S/c32-28(30-18-17-21-9-3-1-4-10-21)23-15-16-27-25(19-23)31(20-22-11-5-2-6-12-22)29(33)24-13-7-8-14-26(24)35(27)34/h2,5-9,11-16,19H,1,3-4,10,17-18,20H2,(H,30,32). The summed E-state index contributed by atoms with van der Waals surface area (Å²) < 4.78 is 13.5. The van der Waals surface area contributed by atoms with Gasteiger partial charge in [0, 0.05) is 12.1 Å². The molecule has 0 aromatic heterocycles. The second-order valence-corrected chi connectivity index (χ2v) is 10.4. The van der Waals surface area contributed by atoms with Gasteiger partial charge in [-0.05, 0) is 68.0 Å². The lowest BCUT2D eigenvalue weighted by molar-refractivity contribution is 0.0950. The molecule has 2 amide bonds. The molecular weight excluding hydrogens is 456 g/mol. The molecule has 3 aromatic rings. The van der Waals surface area contributed by atoms with Gasteiger partial charge in [-0.25, -0.2) is 4.21 Å². The number of allylic oxidation sites excluding steroid dienone is 1. The number of anilines is 1. The zero-order valence-electron chi connectivity index (χ0n) is 19.5. The van der Waals surface area contributed by atoms with Gasteiger partial charge in [0.25, 0.3) is 11.8 Å². The van der Waals surface area contributed by atoms with E-state index in [-0.39, 0.29) is 11.8 Å². The van der Waals surface area contributed by atoms with E-state index in [9.17, 15) is 13.8 Å². The van der Waals surface area contributed by atoms with Gasteiger partial charge in [-0.1, -0.05) is 54.1 Å². The van der Waals surface area contributed by atoms with E-state index in [1.807, 2.05) is 30.3 Å². The van der Waals surface area contributed by atoms with Crippen LogP contribution in [-0.4, -0.2) is 22.6 Å². The Labute approximate surface area is 208 Å². The molecule has 6 heteroatoms. The van der Waals surface area contributed by atoms with E-state index in [4.69, 9.17) is 0 Å². The van der Waals surface area contributed by atoms with E-state index in [0.717, 1.165) is 24.8 Å². The maximum atomic E-state index is 13.7. The highest BCUT2D eigenvalue weighted by atomic mass is 32.2. The Hall–Kier alpha value is -3.51. The molecule has 1 aliphatic carbocycles. The van der Waals surface area contributed by atoms with Crippen LogP contribution in [0.2, 0.25) is 0 Å². The van der Waals surface area contributed by atoms with Crippen molar-refractivity contribution in [2.45, 2.75) is 48.4 Å². The highest BCUT2D eigenvalue weighted by Crippen LogP contribution is 2.36. The van der Waals surface area contributed by atoms with Crippen molar-refractivity contribution in [1.82, 2.24) is 5.32 Å². The molecule has 3 aromatic carbocycles. The summed E-state index contributed by atoms with van der Waals surface area (Å²) in [7, 11) is -1.54. The van der Waals surface area contributed by atoms with Crippen LogP contribution >= 0.6 is 0 Å². The van der Waals surface area contributed by atoms with Crippen LogP contribution < -0.4 is 10.2 Å². The van der Waals surface area contributed by atoms with Gasteiger partial charge in [-0.15, -0.1) is 0 Å². The molecule has 0 saturated carbocycles. The topological polar surface area (TPSA) is 66.5 Å². The molecule has 0 bridgehead atoms. The first-order chi connectivity index (χ1) is 17.1. The van der Waals surface area contributed by atoms with Gasteiger partial charge in [-0.3, -0.25) is 9.59 Å². The van der Waals surface area contributed by atoms with E-state index < -0.39 is 10.8 Å². The smallest absolute Gasteiger partial charge is 0.259 e. The summed E-state index contributed by atoms with van der Waals surface area (Å²) in [6, 6.07) is 21.8. The van der Waals surface area contributed by atoms with E-state index in [0.29, 0.717) is 39.7 Å². The molecule has 35 heavy (non-hydrogen) atoms. The van der Waals surface area contributed by atoms with Crippen molar-refractivity contribution < 1.29 is 13.8 Å². The molecular formula is C29H28N2O3S. The number of rotatable bonds is 6. The van der Waals surface area contributed by atoms with E-state index in [1.54, 1.807) is 47.4 Å². The summed E-state index contributed by atoms with van der Waals surface area (Å²) in [4.78, 5) is 29.3. The van der Waals surface area contributed by atoms with Gasteiger partial charge < -0.3 is 10.2 Å². The third-order valence-electron chi connectivity index (χ3n) is 6.57. The van der Waals surface area contributed by atoms with Crippen LogP contribution in [0.15, 0.2) is 94.2 Å². The quantitative estimate of drug-likeness (QED) is 0.461. The highest BCUT2D eigenvalue weighted by Gasteiger charge is 2.31. The molecule has 1 aliphatic heterocycles. The first kappa shape index (κ1) is 23.2. The third-order valence-corrected chi connectivity index (χ3v) is 8.07. The SMILES string of the molecule is O=C(NCCC1=CCCCC1)c1ccc2c(c1)N(Cc1ccccc1)C(=O)c1ccccc1S2=O. The van der Waals surface area contributed by atoms with Crippen molar-refractivity contribution in [1.29, 1.82) is 0 Å². The van der Waals surface area contributed by atoms with Gasteiger partial charge in [0.15, 0.2) is 0 Å². The van der Waals surface area contributed by atoms with E-state index in [2.05, 4.69) is 11.4 Å². The molecule has 2 aliphatic rings. The van der Waals surface area contributed by atoms with Crippen LogP contribution in [0.4, 0.5) is 5.69 Å². The zero-order chi connectivity index (χ0) is 24.2. The van der Waals surface area contributed by atoms with E-state index >= 15 is 0 Å². The van der Waals surface area contributed by atoms with Crippen molar-refractivity contribution in [3.05, 3.63) is 101 Å². The Balaban J connectivity index is 1.46. The van der Waals surface area contributed by atoms with Crippen LogP contribution in [0.3, 0.4) is 0 Å². The third kappa shape index (κ3) is 4.98. The van der Waals surface area contributed by atoms with Crippen molar-refractivity contribution in [3.63, 3.8) is 0 Å². The molecule has 5 nitrogen and oxygen atoms in total. The number of carbonyl (C=O) groups is 2. The zero-order valence-corrected chi connectivity index (χ0v) is 20.4. The van der Waals surface area contributed by atoms with Gasteiger partial charge in [0.1, 0.15) is 0 Å². The monoisotopic (exact) mass is 484 g/mol. The fourth-order valence-corrected chi connectivity index (χ4v) is 6.04. The molecule has 0 saturated heterocycles. The predicted molar refractivity (Wildman–Crippen MR) is 138 cm³/mol. The molecule has 1 heterocycles. The predicted octanol–water partition coefficient (Wildman–Crippen LogP) is 5.63. The molecule has 1 unspecified atom stereocenters. The fraction of sp³-hybridized carbons (Fsp3) is 0.241. The Morgan fingerprint density at radius 3 is 2.54 bits per heavy atom. The minimum absolute atomic E-state index is 0.191. The van der Waals surface area contributed by atoms with E-state index in [1.165, 1.54) is 18.4 Å². The molecule has 1 N–H and O–H groups in total. The van der Waals surface area contributed by atoms with Crippen molar-refractivity contribution >= 4 is 28.3 Å². The number of hydrogen-bond donors (Lipinski definition) is 1. The Bertz CT molecular complexity index is 1320. The first-order valence-electron chi connectivity index (χ1n) is 12.1. The van der Waals surface area contributed by atoms with Crippen molar-refractivity contribution in [2.75, 3.05) is 11.4 Å². The van der Waals surface area contributed by atoms with Gasteiger partial charge in [-0.2, -0.15) is 0 Å². The van der Waals surface area contributed by atoms with Gasteiger partial charge in [0.2, 0.25) is 0 Å². The Morgan fingerprint density at radius 2 is 1.74 bits per heavy atom. The highest BCUT2D eigenvalue weighted by molar-refractivity contribution is 7.85.